The minimum Gasteiger partial charge on any atom is -0.454 e. The molecule has 0 N–H and O–H groups in total. The molecule has 2 heterocycles. The van der Waals surface area contributed by atoms with E-state index < -0.39 is 23.8 Å². The zero-order chi connectivity index (χ0) is 19.7. The van der Waals surface area contributed by atoms with Crippen molar-refractivity contribution < 1.29 is 23.5 Å². The average Bonchev–Trinajstić information content (AvgIpc) is 3.30. The minimum atomic E-state index is -1.08. The first-order chi connectivity index (χ1) is 13.6. The highest BCUT2D eigenvalue weighted by Crippen LogP contribution is 2.25. The second-order valence-electron chi connectivity index (χ2n) is 6.18. The van der Waals surface area contributed by atoms with E-state index in [4.69, 9.17) is 9.15 Å². The number of hydrogen-bond donors (Lipinski definition) is 0. The number of fused-ring (bicyclic) bond motifs is 1. The Kier molecular flexibility index (Phi) is 4.44. The van der Waals surface area contributed by atoms with Crippen LogP contribution in [-0.4, -0.2) is 38.9 Å². The molecule has 8 heteroatoms. The predicted octanol–water partition coefficient (Wildman–Crippen LogP) is 2.46. The molecule has 2 amide bonds. The first-order valence-electron chi connectivity index (χ1n) is 8.57. The number of amides is 2. The smallest absolute Gasteiger partial charge is 0.329 e. The lowest BCUT2D eigenvalue weighted by Crippen LogP contribution is -2.43. The molecule has 140 valence electrons. The fourth-order valence-corrected chi connectivity index (χ4v) is 2.93. The first kappa shape index (κ1) is 17.6. The van der Waals surface area contributed by atoms with Gasteiger partial charge in [-0.3, -0.25) is 14.5 Å². The van der Waals surface area contributed by atoms with Crippen LogP contribution in [0.3, 0.4) is 0 Å². The highest BCUT2D eigenvalue weighted by molar-refractivity contribution is 6.22. The zero-order valence-electron chi connectivity index (χ0n) is 14.9. The number of esters is 1. The van der Waals surface area contributed by atoms with E-state index in [-0.39, 0.29) is 23.6 Å². The SMILES string of the molecule is C[C@H](C(=O)OCc1nnc(-c2ccccc2)o1)N1C(=O)c2ccccc2C1=O. The lowest BCUT2D eigenvalue weighted by Gasteiger charge is -2.20. The van der Waals surface area contributed by atoms with Crippen molar-refractivity contribution in [3.63, 3.8) is 0 Å². The van der Waals surface area contributed by atoms with E-state index in [0.717, 1.165) is 10.5 Å². The molecule has 1 aromatic heterocycles. The molecule has 2 aromatic carbocycles. The molecule has 1 aliphatic rings. The summed E-state index contributed by atoms with van der Waals surface area (Å²) in [5.41, 5.74) is 1.29. The van der Waals surface area contributed by atoms with Gasteiger partial charge in [0.1, 0.15) is 6.04 Å². The van der Waals surface area contributed by atoms with E-state index in [1.807, 2.05) is 30.3 Å². The summed E-state index contributed by atoms with van der Waals surface area (Å²) in [5, 5.41) is 7.75. The Morgan fingerprint density at radius 2 is 1.61 bits per heavy atom. The predicted molar refractivity (Wildman–Crippen MR) is 95.9 cm³/mol. The topological polar surface area (TPSA) is 103 Å². The van der Waals surface area contributed by atoms with Gasteiger partial charge >= 0.3 is 5.97 Å². The highest BCUT2D eigenvalue weighted by Gasteiger charge is 2.41. The number of hydrogen-bond acceptors (Lipinski definition) is 7. The molecule has 0 saturated heterocycles. The number of nitrogens with zero attached hydrogens (tertiary/aromatic N) is 3. The van der Waals surface area contributed by atoms with Gasteiger partial charge in [0.15, 0.2) is 6.61 Å². The van der Waals surface area contributed by atoms with Crippen LogP contribution in [0.15, 0.2) is 59.0 Å². The summed E-state index contributed by atoms with van der Waals surface area (Å²) in [5.74, 6) is -1.36. The third kappa shape index (κ3) is 3.05. The Balaban J connectivity index is 1.42. The maximum Gasteiger partial charge on any atom is 0.329 e. The Labute approximate surface area is 159 Å². The lowest BCUT2D eigenvalue weighted by molar-refractivity contribution is -0.149. The largest absolute Gasteiger partial charge is 0.454 e. The number of benzene rings is 2. The molecular weight excluding hydrogens is 362 g/mol. The van der Waals surface area contributed by atoms with Gasteiger partial charge in [-0.1, -0.05) is 30.3 Å². The van der Waals surface area contributed by atoms with Crippen LogP contribution in [0, 0.1) is 0 Å². The Hall–Kier alpha value is -3.81. The van der Waals surface area contributed by atoms with Gasteiger partial charge in [-0.15, -0.1) is 10.2 Å². The normalized spacial score (nSPS) is 14.1. The molecule has 0 aliphatic carbocycles. The van der Waals surface area contributed by atoms with Crippen LogP contribution in [0.1, 0.15) is 33.5 Å². The quantitative estimate of drug-likeness (QED) is 0.497. The Bertz CT molecular complexity index is 1030. The van der Waals surface area contributed by atoms with Gasteiger partial charge in [0.05, 0.1) is 11.1 Å². The number of ether oxygens (including phenoxy) is 1. The molecule has 1 aliphatic heterocycles. The van der Waals surface area contributed by atoms with E-state index in [0.29, 0.717) is 5.89 Å². The molecule has 0 radical (unpaired) electrons. The maximum atomic E-state index is 12.4. The van der Waals surface area contributed by atoms with Crippen LogP contribution in [0.5, 0.6) is 0 Å². The van der Waals surface area contributed by atoms with Crippen LogP contribution in [0.25, 0.3) is 11.5 Å². The van der Waals surface area contributed by atoms with E-state index in [9.17, 15) is 14.4 Å². The molecule has 4 rings (SSSR count). The maximum absolute atomic E-state index is 12.4. The van der Waals surface area contributed by atoms with Crippen molar-refractivity contribution in [2.75, 3.05) is 0 Å². The molecule has 3 aromatic rings. The van der Waals surface area contributed by atoms with Gasteiger partial charge in [0.25, 0.3) is 17.7 Å². The van der Waals surface area contributed by atoms with E-state index in [1.165, 1.54) is 6.92 Å². The molecule has 8 nitrogen and oxygen atoms in total. The van der Waals surface area contributed by atoms with Crippen LogP contribution in [0.2, 0.25) is 0 Å². The third-order valence-corrected chi connectivity index (χ3v) is 4.38. The molecule has 1 atom stereocenters. The first-order valence-corrected chi connectivity index (χ1v) is 8.57. The summed E-state index contributed by atoms with van der Waals surface area (Å²) in [7, 11) is 0. The summed E-state index contributed by atoms with van der Waals surface area (Å²) in [6.45, 7) is 1.18. The van der Waals surface area contributed by atoms with Crippen LogP contribution in [0.4, 0.5) is 0 Å². The number of carbonyl (C=O) groups is 3. The average molecular weight is 377 g/mol. The number of carbonyl (C=O) groups excluding carboxylic acids is 3. The van der Waals surface area contributed by atoms with Gasteiger partial charge in [-0.2, -0.15) is 0 Å². The molecular formula is C20H15N3O5. The van der Waals surface area contributed by atoms with E-state index in [2.05, 4.69) is 10.2 Å². The summed E-state index contributed by atoms with van der Waals surface area (Å²) >= 11 is 0. The number of rotatable bonds is 5. The molecule has 0 saturated carbocycles. The second kappa shape index (κ2) is 7.07. The van der Waals surface area contributed by atoms with Gasteiger partial charge in [0.2, 0.25) is 5.89 Å². The van der Waals surface area contributed by atoms with Crippen molar-refractivity contribution in [1.29, 1.82) is 0 Å². The number of aromatic nitrogens is 2. The van der Waals surface area contributed by atoms with Crippen molar-refractivity contribution in [3.8, 4) is 11.5 Å². The molecule has 0 spiro atoms. The van der Waals surface area contributed by atoms with Gasteiger partial charge in [-0.25, -0.2) is 4.79 Å². The molecule has 0 bridgehead atoms. The standard InChI is InChI=1S/C20H15N3O5/c1-12(23-18(24)14-9-5-6-10-15(14)19(23)25)20(26)27-11-16-21-22-17(28-16)13-7-3-2-4-8-13/h2-10,12H,11H2,1H3/t12-/m1/s1. The Morgan fingerprint density at radius 1 is 1.00 bits per heavy atom. The summed E-state index contributed by atoms with van der Waals surface area (Å²) in [6, 6.07) is 14.5. The van der Waals surface area contributed by atoms with Crippen molar-refractivity contribution in [2.24, 2.45) is 0 Å². The van der Waals surface area contributed by atoms with Gasteiger partial charge in [-0.05, 0) is 31.2 Å². The highest BCUT2D eigenvalue weighted by atomic mass is 16.5. The van der Waals surface area contributed by atoms with E-state index >= 15 is 0 Å². The fourth-order valence-electron chi connectivity index (χ4n) is 2.93. The number of imide groups is 1. The molecule has 0 unspecified atom stereocenters. The van der Waals surface area contributed by atoms with Crippen LogP contribution < -0.4 is 0 Å². The second-order valence-corrected chi connectivity index (χ2v) is 6.18. The minimum absolute atomic E-state index is 0.113. The fraction of sp³-hybridized carbons (Fsp3) is 0.150. The summed E-state index contributed by atoms with van der Waals surface area (Å²) in [6.07, 6.45) is 0. The lowest BCUT2D eigenvalue weighted by atomic mass is 10.1. The van der Waals surface area contributed by atoms with Gasteiger partial charge in [0, 0.05) is 5.56 Å². The Morgan fingerprint density at radius 3 is 2.25 bits per heavy atom. The van der Waals surface area contributed by atoms with Crippen LogP contribution in [-0.2, 0) is 16.1 Å². The summed E-state index contributed by atoms with van der Waals surface area (Å²) in [4.78, 5) is 38.2. The van der Waals surface area contributed by atoms with Gasteiger partial charge < -0.3 is 9.15 Å². The van der Waals surface area contributed by atoms with Crippen LogP contribution >= 0.6 is 0 Å². The van der Waals surface area contributed by atoms with Crippen molar-refractivity contribution in [3.05, 3.63) is 71.6 Å². The monoisotopic (exact) mass is 377 g/mol. The summed E-state index contributed by atoms with van der Waals surface area (Å²) < 4.78 is 10.6. The molecule has 28 heavy (non-hydrogen) atoms. The van der Waals surface area contributed by atoms with Crippen molar-refractivity contribution >= 4 is 17.8 Å². The molecule has 0 fully saturated rings. The van der Waals surface area contributed by atoms with Crippen molar-refractivity contribution in [2.45, 2.75) is 19.6 Å². The van der Waals surface area contributed by atoms with E-state index in [1.54, 1.807) is 24.3 Å². The van der Waals surface area contributed by atoms with Crippen molar-refractivity contribution in [1.82, 2.24) is 15.1 Å². The zero-order valence-corrected chi connectivity index (χ0v) is 14.9. The third-order valence-electron chi connectivity index (χ3n) is 4.38.